The molecule has 0 aromatic heterocycles. The van der Waals surface area contributed by atoms with E-state index in [0.717, 1.165) is 17.9 Å². The van der Waals surface area contributed by atoms with Gasteiger partial charge in [0, 0.05) is 0 Å². The highest BCUT2D eigenvalue weighted by Gasteiger charge is 2.27. The first-order chi connectivity index (χ1) is 8.51. The lowest BCUT2D eigenvalue weighted by atomic mass is 9.72. The van der Waals surface area contributed by atoms with Crippen molar-refractivity contribution in [2.24, 2.45) is 5.41 Å². The predicted octanol–water partition coefficient (Wildman–Crippen LogP) is 4.77. The molecule has 1 aromatic rings. The Hall–Kier alpha value is -1.18. The van der Waals surface area contributed by atoms with Gasteiger partial charge >= 0.3 is 0 Å². The third kappa shape index (κ3) is 4.77. The number of rotatable bonds is 4. The summed E-state index contributed by atoms with van der Waals surface area (Å²) in [4.78, 5) is 0. The van der Waals surface area contributed by atoms with Crippen molar-refractivity contribution < 1.29 is 4.74 Å². The summed E-state index contributed by atoms with van der Waals surface area (Å²) in [6.45, 7) is 15.4. The van der Waals surface area contributed by atoms with Gasteiger partial charge in [0.05, 0.1) is 11.8 Å². The minimum absolute atomic E-state index is 0.114. The molecule has 108 valence electrons. The smallest absolute Gasteiger partial charge is 0.142 e. The molecule has 0 aliphatic carbocycles. The lowest BCUT2D eigenvalue weighted by Crippen LogP contribution is -2.25. The van der Waals surface area contributed by atoms with E-state index < -0.39 is 0 Å². The summed E-state index contributed by atoms with van der Waals surface area (Å²) in [5.74, 6) is 0.783. The first kappa shape index (κ1) is 15.9. The SMILES string of the molecule is CC(C)Oc1ccc(C(C)(C)CC(C)(C)C)cc1N. The maximum Gasteiger partial charge on any atom is 0.142 e. The van der Waals surface area contributed by atoms with Gasteiger partial charge in [0.2, 0.25) is 0 Å². The molecule has 0 bridgehead atoms. The molecule has 0 unspecified atom stereocenters. The van der Waals surface area contributed by atoms with Crippen LogP contribution in [0.5, 0.6) is 5.75 Å². The molecule has 0 atom stereocenters. The van der Waals surface area contributed by atoms with Crippen LogP contribution in [0.4, 0.5) is 5.69 Å². The molecule has 0 aliphatic heterocycles. The third-order valence-corrected chi connectivity index (χ3v) is 3.13. The molecule has 2 heteroatoms. The van der Waals surface area contributed by atoms with Crippen LogP contribution in [0.15, 0.2) is 18.2 Å². The van der Waals surface area contributed by atoms with Crippen LogP contribution >= 0.6 is 0 Å². The normalized spacial score (nSPS) is 12.8. The Labute approximate surface area is 118 Å². The Morgan fingerprint density at radius 3 is 2.11 bits per heavy atom. The molecule has 0 saturated carbocycles. The monoisotopic (exact) mass is 263 g/mol. The second-order valence-corrected chi connectivity index (χ2v) is 7.54. The second kappa shape index (κ2) is 5.44. The Balaban J connectivity index is 3.00. The van der Waals surface area contributed by atoms with Crippen LogP contribution in [0.2, 0.25) is 0 Å². The van der Waals surface area contributed by atoms with Gasteiger partial charge in [-0.1, -0.05) is 40.7 Å². The molecule has 0 saturated heterocycles. The van der Waals surface area contributed by atoms with Crippen LogP contribution in [0.3, 0.4) is 0 Å². The average Bonchev–Trinajstić information content (AvgIpc) is 2.16. The molecular formula is C17H29NO. The summed E-state index contributed by atoms with van der Waals surface area (Å²) >= 11 is 0. The molecule has 1 aromatic carbocycles. The van der Waals surface area contributed by atoms with Crippen LogP contribution in [0, 0.1) is 5.41 Å². The van der Waals surface area contributed by atoms with Crippen molar-refractivity contribution >= 4 is 5.69 Å². The quantitative estimate of drug-likeness (QED) is 0.794. The molecule has 1 rings (SSSR count). The van der Waals surface area contributed by atoms with Gasteiger partial charge in [-0.2, -0.15) is 0 Å². The minimum Gasteiger partial charge on any atom is -0.489 e. The largest absolute Gasteiger partial charge is 0.489 e. The van der Waals surface area contributed by atoms with E-state index in [0.29, 0.717) is 5.41 Å². The van der Waals surface area contributed by atoms with Gasteiger partial charge in [-0.3, -0.25) is 0 Å². The standard InChI is InChI=1S/C17H29NO/c1-12(2)19-15-9-8-13(10-14(15)18)17(6,7)11-16(3,4)5/h8-10,12H,11,18H2,1-7H3. The number of nitrogen functional groups attached to an aromatic ring is 1. The molecule has 0 radical (unpaired) electrons. The van der Waals surface area contributed by atoms with Gasteiger partial charge in [-0.25, -0.2) is 0 Å². The molecule has 19 heavy (non-hydrogen) atoms. The van der Waals surface area contributed by atoms with Crippen molar-refractivity contribution in [2.45, 2.75) is 66.4 Å². The first-order valence-corrected chi connectivity index (χ1v) is 7.08. The number of nitrogens with two attached hydrogens (primary N) is 1. The van der Waals surface area contributed by atoms with E-state index in [1.165, 1.54) is 5.56 Å². The molecule has 2 N–H and O–H groups in total. The molecule has 2 nitrogen and oxygen atoms in total. The van der Waals surface area contributed by atoms with Crippen molar-refractivity contribution in [3.8, 4) is 5.75 Å². The fraction of sp³-hybridized carbons (Fsp3) is 0.647. The molecule has 0 amide bonds. The van der Waals surface area contributed by atoms with Gasteiger partial charge in [-0.05, 0) is 48.8 Å². The van der Waals surface area contributed by atoms with Crippen LogP contribution < -0.4 is 10.5 Å². The number of anilines is 1. The Morgan fingerprint density at radius 1 is 1.11 bits per heavy atom. The summed E-state index contributed by atoms with van der Waals surface area (Å²) in [6, 6.07) is 6.19. The highest BCUT2D eigenvalue weighted by molar-refractivity contribution is 5.55. The number of hydrogen-bond donors (Lipinski definition) is 1. The van der Waals surface area contributed by atoms with E-state index in [1.807, 2.05) is 19.9 Å². The zero-order valence-electron chi connectivity index (χ0n) is 13.5. The van der Waals surface area contributed by atoms with Crippen LogP contribution in [-0.4, -0.2) is 6.10 Å². The van der Waals surface area contributed by atoms with Gasteiger partial charge < -0.3 is 10.5 Å². The molecule has 0 fully saturated rings. The predicted molar refractivity (Wildman–Crippen MR) is 83.7 cm³/mol. The highest BCUT2D eigenvalue weighted by atomic mass is 16.5. The van der Waals surface area contributed by atoms with E-state index in [9.17, 15) is 0 Å². The number of ether oxygens (including phenoxy) is 1. The topological polar surface area (TPSA) is 35.2 Å². The fourth-order valence-electron chi connectivity index (χ4n) is 2.76. The molecule has 0 spiro atoms. The van der Waals surface area contributed by atoms with Gasteiger partial charge in [0.15, 0.2) is 0 Å². The van der Waals surface area contributed by atoms with Crippen LogP contribution in [-0.2, 0) is 5.41 Å². The van der Waals surface area contributed by atoms with Crippen molar-refractivity contribution in [1.29, 1.82) is 0 Å². The summed E-state index contributed by atoms with van der Waals surface area (Å²) in [7, 11) is 0. The van der Waals surface area contributed by atoms with E-state index in [4.69, 9.17) is 10.5 Å². The fourth-order valence-corrected chi connectivity index (χ4v) is 2.76. The zero-order chi connectivity index (χ0) is 14.8. The lowest BCUT2D eigenvalue weighted by molar-refractivity contribution is 0.243. The van der Waals surface area contributed by atoms with Crippen molar-refractivity contribution in [3.63, 3.8) is 0 Å². The second-order valence-electron chi connectivity index (χ2n) is 7.54. The average molecular weight is 263 g/mol. The molecule has 0 aliphatic rings. The third-order valence-electron chi connectivity index (χ3n) is 3.13. The summed E-state index contributed by atoms with van der Waals surface area (Å²) in [5.41, 5.74) is 8.52. The first-order valence-electron chi connectivity index (χ1n) is 7.08. The van der Waals surface area contributed by atoms with E-state index in [-0.39, 0.29) is 11.5 Å². The number of benzene rings is 1. The van der Waals surface area contributed by atoms with E-state index in [2.05, 4.69) is 46.8 Å². The summed E-state index contributed by atoms with van der Waals surface area (Å²) < 4.78 is 5.69. The minimum atomic E-state index is 0.114. The van der Waals surface area contributed by atoms with Crippen LogP contribution in [0.1, 0.15) is 60.5 Å². The van der Waals surface area contributed by atoms with Crippen molar-refractivity contribution in [1.82, 2.24) is 0 Å². The van der Waals surface area contributed by atoms with Gasteiger partial charge in [0.25, 0.3) is 0 Å². The van der Waals surface area contributed by atoms with E-state index >= 15 is 0 Å². The Bertz CT molecular complexity index is 427. The number of hydrogen-bond acceptors (Lipinski definition) is 2. The van der Waals surface area contributed by atoms with Crippen LogP contribution in [0.25, 0.3) is 0 Å². The molecular weight excluding hydrogens is 234 g/mol. The summed E-state index contributed by atoms with van der Waals surface area (Å²) in [5, 5.41) is 0. The van der Waals surface area contributed by atoms with Crippen molar-refractivity contribution in [2.75, 3.05) is 5.73 Å². The van der Waals surface area contributed by atoms with Crippen molar-refractivity contribution in [3.05, 3.63) is 23.8 Å². The van der Waals surface area contributed by atoms with Gasteiger partial charge in [-0.15, -0.1) is 0 Å². The summed E-state index contributed by atoms with van der Waals surface area (Å²) in [6.07, 6.45) is 1.26. The lowest BCUT2D eigenvalue weighted by Gasteiger charge is -2.33. The highest BCUT2D eigenvalue weighted by Crippen LogP contribution is 2.38. The Kier molecular flexibility index (Phi) is 4.54. The Morgan fingerprint density at radius 2 is 1.68 bits per heavy atom. The van der Waals surface area contributed by atoms with Gasteiger partial charge in [0.1, 0.15) is 5.75 Å². The maximum absolute atomic E-state index is 6.11. The zero-order valence-corrected chi connectivity index (χ0v) is 13.5. The molecule has 0 heterocycles. The maximum atomic E-state index is 6.11. The van der Waals surface area contributed by atoms with E-state index in [1.54, 1.807) is 0 Å².